The van der Waals surface area contributed by atoms with Gasteiger partial charge in [-0.25, -0.2) is 0 Å². The van der Waals surface area contributed by atoms with Crippen molar-refractivity contribution in [2.75, 3.05) is 22.9 Å². The molecule has 2 aliphatic heterocycles. The molecule has 0 aliphatic carbocycles. The largest absolute Gasteiger partial charge is 0.348 e. The van der Waals surface area contributed by atoms with E-state index in [0.29, 0.717) is 19.5 Å². The van der Waals surface area contributed by atoms with Crippen LogP contribution in [-0.4, -0.2) is 35.8 Å². The van der Waals surface area contributed by atoms with Crippen LogP contribution in [0.4, 0.5) is 11.4 Å². The first-order valence-corrected chi connectivity index (χ1v) is 10.4. The molecule has 7 nitrogen and oxygen atoms in total. The highest BCUT2D eigenvalue weighted by atomic mass is 16.2. The first-order chi connectivity index (χ1) is 14.5. The molecular weight excluding hydrogens is 380 g/mol. The Bertz CT molecular complexity index is 976. The lowest BCUT2D eigenvalue weighted by Gasteiger charge is -2.20. The van der Waals surface area contributed by atoms with Crippen molar-refractivity contribution < 1.29 is 14.4 Å². The van der Waals surface area contributed by atoms with E-state index in [9.17, 15) is 14.4 Å². The Kier molecular flexibility index (Phi) is 5.53. The Balaban J connectivity index is 1.44. The summed E-state index contributed by atoms with van der Waals surface area (Å²) >= 11 is 0. The summed E-state index contributed by atoms with van der Waals surface area (Å²) in [5.74, 6) is -0.474. The van der Waals surface area contributed by atoms with Gasteiger partial charge in [0.05, 0.1) is 17.7 Å². The molecule has 4 rings (SSSR count). The number of nitrogens with zero attached hydrogens (tertiary/aromatic N) is 3. The molecule has 2 aromatic rings. The molecule has 7 heteroatoms. The van der Waals surface area contributed by atoms with Gasteiger partial charge in [0.25, 0.3) is 0 Å². The highest BCUT2D eigenvalue weighted by molar-refractivity contribution is 6.01. The van der Waals surface area contributed by atoms with Crippen molar-refractivity contribution in [3.05, 3.63) is 53.9 Å². The highest BCUT2D eigenvalue weighted by Crippen LogP contribution is 2.34. The van der Waals surface area contributed by atoms with E-state index in [1.165, 1.54) is 0 Å². The van der Waals surface area contributed by atoms with Crippen LogP contribution < -0.4 is 15.1 Å². The lowest BCUT2D eigenvalue weighted by molar-refractivity contribution is -0.126. The summed E-state index contributed by atoms with van der Waals surface area (Å²) in [5.41, 5.74) is 3.57. The molecule has 156 valence electrons. The Labute approximate surface area is 176 Å². The van der Waals surface area contributed by atoms with Crippen molar-refractivity contribution >= 4 is 29.1 Å². The minimum atomic E-state index is -0.393. The number of benzene rings is 1. The van der Waals surface area contributed by atoms with Gasteiger partial charge in [-0.1, -0.05) is 13.0 Å². The molecule has 3 amide bonds. The molecular formula is C23H26N4O3. The van der Waals surface area contributed by atoms with Gasteiger partial charge in [0, 0.05) is 43.5 Å². The van der Waals surface area contributed by atoms with E-state index in [1.54, 1.807) is 16.0 Å². The van der Waals surface area contributed by atoms with E-state index < -0.39 is 5.92 Å². The molecule has 1 fully saturated rings. The minimum absolute atomic E-state index is 0.0555. The second-order valence-corrected chi connectivity index (χ2v) is 7.85. The number of aromatic nitrogens is 1. The second kappa shape index (κ2) is 8.26. The van der Waals surface area contributed by atoms with E-state index in [0.717, 1.165) is 29.1 Å². The lowest BCUT2D eigenvalue weighted by atomic mass is 10.1. The molecule has 2 unspecified atom stereocenters. The van der Waals surface area contributed by atoms with Crippen LogP contribution >= 0.6 is 0 Å². The van der Waals surface area contributed by atoms with Gasteiger partial charge >= 0.3 is 0 Å². The quantitative estimate of drug-likeness (QED) is 0.828. The number of fused-ring (bicyclic) bond motifs is 1. The van der Waals surface area contributed by atoms with Crippen LogP contribution in [0.15, 0.2) is 42.6 Å². The number of carbonyl (C=O) groups is 3. The van der Waals surface area contributed by atoms with Gasteiger partial charge in [0.2, 0.25) is 17.7 Å². The predicted molar refractivity (Wildman–Crippen MR) is 114 cm³/mol. The molecule has 2 aliphatic rings. The summed E-state index contributed by atoms with van der Waals surface area (Å²) in [7, 11) is 0. The summed E-state index contributed by atoms with van der Waals surface area (Å²) in [6.07, 6.45) is 3.14. The van der Waals surface area contributed by atoms with Gasteiger partial charge in [-0.3, -0.25) is 19.4 Å². The van der Waals surface area contributed by atoms with Crippen LogP contribution in [0.3, 0.4) is 0 Å². The highest BCUT2D eigenvalue weighted by Gasteiger charge is 2.36. The first-order valence-electron chi connectivity index (χ1n) is 10.4. The van der Waals surface area contributed by atoms with Crippen LogP contribution in [0.25, 0.3) is 0 Å². The monoisotopic (exact) mass is 406 g/mol. The van der Waals surface area contributed by atoms with Crippen molar-refractivity contribution in [1.82, 2.24) is 10.3 Å². The van der Waals surface area contributed by atoms with Crippen LogP contribution in [-0.2, 0) is 20.8 Å². The molecule has 1 aromatic carbocycles. The van der Waals surface area contributed by atoms with Crippen molar-refractivity contribution in [3.63, 3.8) is 0 Å². The minimum Gasteiger partial charge on any atom is -0.348 e. The fourth-order valence-corrected chi connectivity index (χ4v) is 4.18. The van der Waals surface area contributed by atoms with Gasteiger partial charge in [0.1, 0.15) is 0 Å². The van der Waals surface area contributed by atoms with Crippen molar-refractivity contribution in [1.29, 1.82) is 0 Å². The summed E-state index contributed by atoms with van der Waals surface area (Å²) < 4.78 is 0. The Morgan fingerprint density at radius 2 is 2.10 bits per heavy atom. The lowest BCUT2D eigenvalue weighted by Crippen LogP contribution is -2.34. The number of carbonyl (C=O) groups excluding carboxylic acids is 3. The van der Waals surface area contributed by atoms with Crippen LogP contribution in [0.1, 0.15) is 44.0 Å². The number of anilines is 2. The number of rotatable bonds is 5. The van der Waals surface area contributed by atoms with E-state index in [4.69, 9.17) is 0 Å². The molecule has 0 radical (unpaired) electrons. The molecule has 0 spiro atoms. The molecule has 0 saturated carbocycles. The fraction of sp³-hybridized carbons (Fsp3) is 0.391. The molecule has 30 heavy (non-hydrogen) atoms. The predicted octanol–water partition coefficient (Wildman–Crippen LogP) is 2.61. The Hall–Kier alpha value is -3.22. The van der Waals surface area contributed by atoms with Gasteiger partial charge < -0.3 is 15.1 Å². The van der Waals surface area contributed by atoms with Crippen LogP contribution in [0, 0.1) is 5.92 Å². The van der Waals surface area contributed by atoms with Crippen LogP contribution in [0.2, 0.25) is 0 Å². The number of hydrogen-bond acceptors (Lipinski definition) is 4. The third kappa shape index (κ3) is 3.79. The molecule has 2 atom stereocenters. The Morgan fingerprint density at radius 1 is 1.27 bits per heavy atom. The number of nitrogens with one attached hydrogen (secondary N) is 1. The van der Waals surface area contributed by atoms with Crippen molar-refractivity contribution in [2.24, 2.45) is 5.92 Å². The first kappa shape index (κ1) is 20.1. The zero-order valence-corrected chi connectivity index (χ0v) is 17.3. The van der Waals surface area contributed by atoms with Gasteiger partial charge in [-0.05, 0) is 49.2 Å². The number of hydrogen-bond donors (Lipinski definition) is 1. The summed E-state index contributed by atoms with van der Waals surface area (Å²) in [6, 6.07) is 11.1. The third-order valence-electron chi connectivity index (χ3n) is 5.86. The van der Waals surface area contributed by atoms with Crippen molar-refractivity contribution in [2.45, 2.75) is 39.2 Å². The van der Waals surface area contributed by atoms with Crippen molar-refractivity contribution in [3.8, 4) is 0 Å². The third-order valence-corrected chi connectivity index (χ3v) is 5.86. The maximum atomic E-state index is 12.7. The second-order valence-electron chi connectivity index (χ2n) is 7.85. The Morgan fingerprint density at radius 3 is 2.83 bits per heavy atom. The zero-order chi connectivity index (χ0) is 21.3. The van der Waals surface area contributed by atoms with E-state index in [2.05, 4.69) is 10.3 Å². The zero-order valence-electron chi connectivity index (χ0n) is 17.3. The smallest absolute Gasteiger partial charge is 0.227 e. The van der Waals surface area contributed by atoms with E-state index in [-0.39, 0.29) is 30.2 Å². The molecule has 1 N–H and O–H groups in total. The number of pyridine rings is 1. The van der Waals surface area contributed by atoms with E-state index in [1.807, 2.05) is 50.2 Å². The molecule has 1 aromatic heterocycles. The summed E-state index contributed by atoms with van der Waals surface area (Å²) in [6.45, 7) is 4.78. The summed E-state index contributed by atoms with van der Waals surface area (Å²) in [4.78, 5) is 45.2. The standard InChI is InChI=1S/C23H26N4O3/c1-3-21(28)26-11-9-16-12-18(7-8-20(16)26)27-14-17(13-22(27)29)23(30)25-15(2)19-6-4-5-10-24-19/h4-8,10,12,15,17H,3,9,11,13-14H2,1-2H3,(H,25,30). The number of amides is 3. The molecule has 3 heterocycles. The summed E-state index contributed by atoms with van der Waals surface area (Å²) in [5, 5.41) is 2.97. The average Bonchev–Trinajstić information content (AvgIpc) is 3.36. The topological polar surface area (TPSA) is 82.6 Å². The van der Waals surface area contributed by atoms with Crippen LogP contribution in [0.5, 0.6) is 0 Å². The SMILES string of the molecule is CCC(=O)N1CCc2cc(N3CC(C(=O)NC(C)c4ccccn4)CC3=O)ccc21. The van der Waals surface area contributed by atoms with Gasteiger partial charge in [0.15, 0.2) is 0 Å². The maximum Gasteiger partial charge on any atom is 0.227 e. The fourth-order valence-electron chi connectivity index (χ4n) is 4.18. The maximum absolute atomic E-state index is 12.7. The van der Waals surface area contributed by atoms with Gasteiger partial charge in [-0.15, -0.1) is 0 Å². The van der Waals surface area contributed by atoms with Gasteiger partial charge in [-0.2, -0.15) is 0 Å². The average molecular weight is 406 g/mol. The molecule has 1 saturated heterocycles. The van der Waals surface area contributed by atoms with E-state index >= 15 is 0 Å². The normalized spacial score (nSPS) is 19.0. The molecule has 0 bridgehead atoms.